The highest BCUT2D eigenvalue weighted by atomic mass is 79.9. The van der Waals surface area contributed by atoms with E-state index in [1.165, 1.54) is 5.56 Å². The number of alkyl halides is 1. The fourth-order valence-electron chi connectivity index (χ4n) is 1.05. The minimum absolute atomic E-state index is 0.287. The molecule has 0 aliphatic carbocycles. The summed E-state index contributed by atoms with van der Waals surface area (Å²) < 4.78 is 4.57. The predicted molar refractivity (Wildman–Crippen MR) is 72.3 cm³/mol. The summed E-state index contributed by atoms with van der Waals surface area (Å²) >= 11 is 5.03. The molecule has 0 spiro atoms. The Balaban J connectivity index is 2.65. The molecule has 0 aliphatic heterocycles. The van der Waals surface area contributed by atoms with Crippen LogP contribution in [0.5, 0.6) is 5.75 Å². The topological polar surface area (TPSA) is 26.3 Å². The van der Waals surface area contributed by atoms with Gasteiger partial charge < -0.3 is 4.74 Å². The Labute approximate surface area is 109 Å². The monoisotopic (exact) mass is 302 g/mol. The molecule has 0 atom stereocenters. The SMILES string of the molecule is CSCc1ccc(OC(=O)C(C)(C)Br)cc1. The van der Waals surface area contributed by atoms with Crippen LogP contribution in [0.15, 0.2) is 24.3 Å². The van der Waals surface area contributed by atoms with E-state index in [-0.39, 0.29) is 5.97 Å². The Morgan fingerprint density at radius 2 is 1.94 bits per heavy atom. The zero-order chi connectivity index (χ0) is 12.2. The van der Waals surface area contributed by atoms with Gasteiger partial charge in [-0.2, -0.15) is 11.8 Å². The van der Waals surface area contributed by atoms with Gasteiger partial charge in [0.1, 0.15) is 10.1 Å². The highest BCUT2D eigenvalue weighted by Crippen LogP contribution is 2.21. The molecule has 2 nitrogen and oxygen atoms in total. The van der Waals surface area contributed by atoms with E-state index in [0.29, 0.717) is 5.75 Å². The van der Waals surface area contributed by atoms with Crippen molar-refractivity contribution in [3.63, 3.8) is 0 Å². The molecule has 0 saturated heterocycles. The molecule has 0 aliphatic rings. The van der Waals surface area contributed by atoms with Gasteiger partial charge in [0.05, 0.1) is 0 Å². The Morgan fingerprint density at radius 1 is 1.38 bits per heavy atom. The first-order valence-electron chi connectivity index (χ1n) is 4.92. The van der Waals surface area contributed by atoms with Crippen LogP contribution in [0.4, 0.5) is 0 Å². The van der Waals surface area contributed by atoms with E-state index < -0.39 is 4.32 Å². The summed E-state index contributed by atoms with van der Waals surface area (Å²) in [6, 6.07) is 7.59. The zero-order valence-electron chi connectivity index (χ0n) is 9.62. The second-order valence-electron chi connectivity index (χ2n) is 3.94. The number of hydrogen-bond donors (Lipinski definition) is 0. The van der Waals surface area contributed by atoms with Crippen molar-refractivity contribution in [2.45, 2.75) is 23.9 Å². The van der Waals surface area contributed by atoms with E-state index in [4.69, 9.17) is 4.74 Å². The van der Waals surface area contributed by atoms with E-state index >= 15 is 0 Å². The molecule has 0 amide bonds. The van der Waals surface area contributed by atoms with Crippen LogP contribution in [0.3, 0.4) is 0 Å². The summed E-state index contributed by atoms with van der Waals surface area (Å²) in [4.78, 5) is 11.6. The lowest BCUT2D eigenvalue weighted by atomic mass is 10.2. The van der Waals surface area contributed by atoms with Gasteiger partial charge in [-0.15, -0.1) is 0 Å². The molecule has 0 fully saturated rings. The first kappa shape index (κ1) is 13.6. The van der Waals surface area contributed by atoms with Gasteiger partial charge in [0.25, 0.3) is 0 Å². The number of esters is 1. The maximum atomic E-state index is 11.6. The normalized spacial score (nSPS) is 11.2. The third kappa shape index (κ3) is 4.18. The van der Waals surface area contributed by atoms with Crippen molar-refractivity contribution in [1.82, 2.24) is 0 Å². The Hall–Kier alpha value is -0.480. The van der Waals surface area contributed by atoms with Gasteiger partial charge in [-0.25, -0.2) is 0 Å². The third-order valence-corrected chi connectivity index (χ3v) is 2.88. The maximum Gasteiger partial charge on any atom is 0.327 e. The smallest absolute Gasteiger partial charge is 0.327 e. The Kier molecular flexibility index (Phi) is 4.87. The van der Waals surface area contributed by atoms with Crippen LogP contribution in [-0.4, -0.2) is 16.5 Å². The average molecular weight is 303 g/mol. The maximum absolute atomic E-state index is 11.6. The molecule has 0 unspecified atom stereocenters. The molecule has 0 heterocycles. The zero-order valence-corrected chi connectivity index (χ0v) is 12.0. The van der Waals surface area contributed by atoms with E-state index in [1.54, 1.807) is 25.6 Å². The number of carbonyl (C=O) groups is 1. The van der Waals surface area contributed by atoms with Crippen LogP contribution < -0.4 is 4.74 Å². The van der Waals surface area contributed by atoms with Crippen LogP contribution in [0.1, 0.15) is 19.4 Å². The van der Waals surface area contributed by atoms with Gasteiger partial charge in [0.2, 0.25) is 0 Å². The van der Waals surface area contributed by atoms with Gasteiger partial charge in [-0.05, 0) is 37.8 Å². The van der Waals surface area contributed by atoms with Gasteiger partial charge in [-0.3, -0.25) is 4.79 Å². The first-order chi connectivity index (χ1) is 7.43. The quantitative estimate of drug-likeness (QED) is 0.483. The highest BCUT2D eigenvalue weighted by Gasteiger charge is 2.25. The predicted octanol–water partition coefficient (Wildman–Crippen LogP) is 3.63. The van der Waals surface area contributed by atoms with E-state index in [1.807, 2.05) is 24.3 Å². The number of halogens is 1. The Bertz CT molecular complexity index is 354. The summed E-state index contributed by atoms with van der Waals surface area (Å²) in [5.41, 5.74) is 1.23. The fraction of sp³-hybridized carbons (Fsp3) is 0.417. The van der Waals surface area contributed by atoms with Crippen LogP contribution in [0.2, 0.25) is 0 Å². The minimum Gasteiger partial charge on any atom is -0.426 e. The van der Waals surface area contributed by atoms with Crippen LogP contribution in [-0.2, 0) is 10.5 Å². The number of rotatable bonds is 4. The largest absolute Gasteiger partial charge is 0.426 e. The van der Waals surface area contributed by atoms with Crippen molar-refractivity contribution >= 4 is 33.7 Å². The molecule has 88 valence electrons. The van der Waals surface area contributed by atoms with E-state index in [9.17, 15) is 4.79 Å². The second-order valence-corrected chi connectivity index (χ2v) is 6.79. The summed E-state index contributed by atoms with van der Waals surface area (Å²) in [5.74, 6) is 1.27. The molecule has 1 rings (SSSR count). The molecule has 0 aromatic heterocycles. The lowest BCUT2D eigenvalue weighted by Crippen LogP contribution is -2.29. The molecule has 1 aromatic rings. The molecular formula is C12H15BrO2S. The molecule has 16 heavy (non-hydrogen) atoms. The van der Waals surface area contributed by atoms with Crippen LogP contribution >= 0.6 is 27.7 Å². The summed E-state index contributed by atoms with van der Waals surface area (Å²) in [6.07, 6.45) is 2.06. The standard InChI is InChI=1S/C12H15BrO2S/c1-12(2,13)11(14)15-10-6-4-9(5-7-10)8-16-3/h4-7H,8H2,1-3H3. The van der Waals surface area contributed by atoms with Crippen molar-refractivity contribution in [1.29, 1.82) is 0 Å². The minimum atomic E-state index is -0.648. The number of ether oxygens (including phenoxy) is 1. The highest BCUT2D eigenvalue weighted by molar-refractivity contribution is 9.10. The van der Waals surface area contributed by atoms with Crippen molar-refractivity contribution in [2.24, 2.45) is 0 Å². The number of thioether (sulfide) groups is 1. The van der Waals surface area contributed by atoms with Crippen molar-refractivity contribution in [3.05, 3.63) is 29.8 Å². The molecule has 0 N–H and O–H groups in total. The lowest BCUT2D eigenvalue weighted by Gasteiger charge is -2.14. The number of hydrogen-bond acceptors (Lipinski definition) is 3. The summed E-state index contributed by atoms with van der Waals surface area (Å²) in [5, 5.41) is 0. The molecule has 1 aromatic carbocycles. The summed E-state index contributed by atoms with van der Waals surface area (Å²) in [7, 11) is 0. The first-order valence-corrected chi connectivity index (χ1v) is 7.11. The number of carbonyl (C=O) groups excluding carboxylic acids is 1. The molecule has 0 radical (unpaired) electrons. The van der Waals surface area contributed by atoms with E-state index in [0.717, 1.165) is 5.75 Å². The van der Waals surface area contributed by atoms with Gasteiger partial charge >= 0.3 is 5.97 Å². The van der Waals surface area contributed by atoms with Gasteiger partial charge in [0, 0.05) is 5.75 Å². The van der Waals surface area contributed by atoms with Crippen molar-refractivity contribution < 1.29 is 9.53 Å². The van der Waals surface area contributed by atoms with Crippen LogP contribution in [0.25, 0.3) is 0 Å². The van der Waals surface area contributed by atoms with Gasteiger partial charge in [-0.1, -0.05) is 28.1 Å². The third-order valence-electron chi connectivity index (χ3n) is 1.93. The molecule has 0 saturated carbocycles. The van der Waals surface area contributed by atoms with Crippen molar-refractivity contribution in [2.75, 3.05) is 6.26 Å². The fourth-order valence-corrected chi connectivity index (χ4v) is 1.66. The summed E-state index contributed by atoms with van der Waals surface area (Å²) in [6.45, 7) is 3.52. The molecular weight excluding hydrogens is 288 g/mol. The van der Waals surface area contributed by atoms with Crippen molar-refractivity contribution in [3.8, 4) is 5.75 Å². The number of benzene rings is 1. The Morgan fingerprint density at radius 3 is 2.38 bits per heavy atom. The van der Waals surface area contributed by atoms with Gasteiger partial charge in [0.15, 0.2) is 0 Å². The second kappa shape index (κ2) is 5.73. The lowest BCUT2D eigenvalue weighted by molar-refractivity contribution is -0.136. The average Bonchev–Trinajstić information content (AvgIpc) is 2.20. The molecule has 4 heteroatoms. The van der Waals surface area contributed by atoms with Crippen LogP contribution in [0, 0.1) is 0 Å². The molecule has 0 bridgehead atoms. The van der Waals surface area contributed by atoms with E-state index in [2.05, 4.69) is 22.2 Å².